The zero-order chi connectivity index (χ0) is 12.8. The highest BCUT2D eigenvalue weighted by atomic mass is 32.2. The van der Waals surface area contributed by atoms with E-state index in [4.69, 9.17) is 10.2 Å². The fourth-order valence-corrected chi connectivity index (χ4v) is 1.77. The summed E-state index contributed by atoms with van der Waals surface area (Å²) in [6.45, 7) is 4.01. The lowest BCUT2D eigenvalue weighted by Crippen LogP contribution is -2.40. The summed E-state index contributed by atoms with van der Waals surface area (Å²) in [7, 11) is 0. The van der Waals surface area contributed by atoms with Crippen LogP contribution < -0.4 is 11.1 Å². The Kier molecular flexibility index (Phi) is 5.50. The normalized spacial score (nSPS) is 12.5. The van der Waals surface area contributed by atoms with Crippen LogP contribution in [0.15, 0.2) is 4.42 Å². The van der Waals surface area contributed by atoms with Crippen LogP contribution in [0.2, 0.25) is 0 Å². The van der Waals surface area contributed by atoms with Gasteiger partial charge in [0.05, 0.1) is 18.3 Å². The third kappa shape index (κ3) is 4.40. The van der Waals surface area contributed by atoms with Gasteiger partial charge in [-0.15, -0.1) is 0 Å². The summed E-state index contributed by atoms with van der Waals surface area (Å²) in [5.74, 6) is 2.02. The molecule has 0 aliphatic rings. The molecule has 3 N–H and O–H groups in total. The number of hydrogen-bond donors (Lipinski definition) is 2. The molecule has 1 aromatic heterocycles. The summed E-state index contributed by atoms with van der Waals surface area (Å²) < 4.78 is 5.35. The lowest BCUT2D eigenvalue weighted by molar-refractivity contribution is -0.122. The standard InChI is InChI=1S/C11H19N3O2S/c1-7-8(2)16-10(14-7)6-13-11(15)9(12)4-5-17-3/h9H,4-6,12H2,1-3H3,(H,13,15)/t9-/m0/s1. The van der Waals surface area contributed by atoms with Crippen LogP contribution >= 0.6 is 11.8 Å². The molecule has 1 heterocycles. The molecule has 0 saturated carbocycles. The molecule has 0 unspecified atom stereocenters. The van der Waals surface area contributed by atoms with Gasteiger partial charge < -0.3 is 15.5 Å². The van der Waals surface area contributed by atoms with Crippen molar-refractivity contribution in [2.24, 2.45) is 5.73 Å². The number of amides is 1. The quantitative estimate of drug-likeness (QED) is 0.794. The van der Waals surface area contributed by atoms with Gasteiger partial charge in [-0.3, -0.25) is 4.79 Å². The molecule has 0 aromatic carbocycles. The Balaban J connectivity index is 2.37. The Morgan fingerprint density at radius 3 is 2.82 bits per heavy atom. The monoisotopic (exact) mass is 257 g/mol. The summed E-state index contributed by atoms with van der Waals surface area (Å²) in [5.41, 5.74) is 6.57. The molecule has 6 heteroatoms. The van der Waals surface area contributed by atoms with Crippen LogP contribution in [0, 0.1) is 13.8 Å². The third-order valence-corrected chi connectivity index (χ3v) is 3.10. The van der Waals surface area contributed by atoms with E-state index in [2.05, 4.69) is 10.3 Å². The predicted molar refractivity (Wildman–Crippen MR) is 68.8 cm³/mol. The Bertz CT molecular complexity index is 359. The number of aryl methyl sites for hydroxylation is 2. The molecule has 0 aliphatic carbocycles. The van der Waals surface area contributed by atoms with Gasteiger partial charge in [0.1, 0.15) is 5.76 Å². The van der Waals surface area contributed by atoms with Gasteiger partial charge >= 0.3 is 0 Å². The average Bonchev–Trinajstić information content (AvgIpc) is 2.62. The SMILES string of the molecule is CSCC[C@H](N)C(=O)NCc1nc(C)c(C)o1. The van der Waals surface area contributed by atoms with E-state index < -0.39 is 6.04 Å². The second-order valence-corrected chi connectivity index (χ2v) is 4.84. The van der Waals surface area contributed by atoms with Crippen LogP contribution in [-0.2, 0) is 11.3 Å². The minimum Gasteiger partial charge on any atom is -0.444 e. The van der Waals surface area contributed by atoms with E-state index >= 15 is 0 Å². The Hall–Kier alpha value is -1.01. The molecule has 0 fully saturated rings. The smallest absolute Gasteiger partial charge is 0.237 e. The van der Waals surface area contributed by atoms with Crippen molar-refractivity contribution in [1.82, 2.24) is 10.3 Å². The van der Waals surface area contributed by atoms with Gasteiger partial charge in [-0.1, -0.05) is 0 Å². The van der Waals surface area contributed by atoms with Gasteiger partial charge in [-0.25, -0.2) is 4.98 Å². The fraction of sp³-hybridized carbons (Fsp3) is 0.636. The maximum Gasteiger partial charge on any atom is 0.237 e. The first-order valence-corrected chi connectivity index (χ1v) is 6.89. The van der Waals surface area contributed by atoms with E-state index in [1.54, 1.807) is 11.8 Å². The van der Waals surface area contributed by atoms with Crippen molar-refractivity contribution in [3.8, 4) is 0 Å². The van der Waals surface area contributed by atoms with E-state index in [-0.39, 0.29) is 5.91 Å². The molecule has 0 bridgehead atoms. The minimum absolute atomic E-state index is 0.160. The number of carbonyl (C=O) groups is 1. The number of rotatable bonds is 6. The maximum atomic E-state index is 11.6. The molecule has 0 radical (unpaired) electrons. The fourth-order valence-electron chi connectivity index (χ4n) is 1.28. The number of nitrogens with two attached hydrogens (primary N) is 1. The number of aromatic nitrogens is 1. The Labute approximate surface area is 106 Å². The molecule has 1 rings (SSSR count). The molecule has 0 saturated heterocycles. The number of thioether (sulfide) groups is 1. The molecule has 96 valence electrons. The van der Waals surface area contributed by atoms with Crippen molar-refractivity contribution in [1.29, 1.82) is 0 Å². The van der Waals surface area contributed by atoms with E-state index in [0.29, 0.717) is 18.9 Å². The average molecular weight is 257 g/mol. The lowest BCUT2D eigenvalue weighted by Gasteiger charge is -2.10. The van der Waals surface area contributed by atoms with E-state index in [0.717, 1.165) is 17.2 Å². The molecule has 5 nitrogen and oxygen atoms in total. The molecule has 0 spiro atoms. The molecule has 17 heavy (non-hydrogen) atoms. The Morgan fingerprint density at radius 2 is 2.29 bits per heavy atom. The topological polar surface area (TPSA) is 81.2 Å². The number of nitrogens with one attached hydrogen (secondary N) is 1. The second kappa shape index (κ2) is 6.66. The zero-order valence-electron chi connectivity index (χ0n) is 10.4. The summed E-state index contributed by atoms with van der Waals surface area (Å²) in [6, 6.07) is -0.459. The first kappa shape index (κ1) is 14.1. The summed E-state index contributed by atoms with van der Waals surface area (Å²) in [5, 5.41) is 2.72. The van der Waals surface area contributed by atoms with E-state index in [1.165, 1.54) is 0 Å². The van der Waals surface area contributed by atoms with Crippen LogP contribution in [0.4, 0.5) is 0 Å². The van der Waals surface area contributed by atoms with Gasteiger partial charge in [0, 0.05) is 0 Å². The van der Waals surface area contributed by atoms with Gasteiger partial charge in [0.25, 0.3) is 0 Å². The number of nitrogens with zero attached hydrogens (tertiary/aromatic N) is 1. The van der Waals surface area contributed by atoms with Crippen molar-refractivity contribution >= 4 is 17.7 Å². The van der Waals surface area contributed by atoms with Crippen molar-refractivity contribution in [3.05, 3.63) is 17.3 Å². The molecule has 0 aliphatic heterocycles. The third-order valence-electron chi connectivity index (χ3n) is 2.46. The van der Waals surface area contributed by atoms with Crippen molar-refractivity contribution in [2.45, 2.75) is 32.9 Å². The molecule has 1 aromatic rings. The van der Waals surface area contributed by atoms with Crippen LogP contribution in [0.25, 0.3) is 0 Å². The van der Waals surface area contributed by atoms with Gasteiger partial charge in [0.15, 0.2) is 0 Å². The molecule has 1 atom stereocenters. The molecular weight excluding hydrogens is 238 g/mol. The summed E-state index contributed by atoms with van der Waals surface area (Å²) in [4.78, 5) is 15.8. The first-order chi connectivity index (χ1) is 8.04. The Morgan fingerprint density at radius 1 is 1.59 bits per heavy atom. The maximum absolute atomic E-state index is 11.6. The van der Waals surface area contributed by atoms with E-state index in [1.807, 2.05) is 20.1 Å². The van der Waals surface area contributed by atoms with Gasteiger partial charge in [0.2, 0.25) is 11.8 Å². The largest absolute Gasteiger partial charge is 0.444 e. The first-order valence-electron chi connectivity index (χ1n) is 5.49. The van der Waals surface area contributed by atoms with E-state index in [9.17, 15) is 4.79 Å². The van der Waals surface area contributed by atoms with Crippen LogP contribution in [0.3, 0.4) is 0 Å². The number of oxazole rings is 1. The van der Waals surface area contributed by atoms with Crippen molar-refractivity contribution in [2.75, 3.05) is 12.0 Å². The highest BCUT2D eigenvalue weighted by Gasteiger charge is 2.13. The van der Waals surface area contributed by atoms with Crippen molar-refractivity contribution in [3.63, 3.8) is 0 Å². The van der Waals surface area contributed by atoms with Crippen LogP contribution in [-0.4, -0.2) is 28.9 Å². The van der Waals surface area contributed by atoms with Crippen LogP contribution in [0.5, 0.6) is 0 Å². The highest BCUT2D eigenvalue weighted by molar-refractivity contribution is 7.98. The predicted octanol–water partition coefficient (Wildman–Crippen LogP) is 0.988. The minimum atomic E-state index is -0.459. The van der Waals surface area contributed by atoms with Gasteiger partial charge in [-0.05, 0) is 32.3 Å². The lowest BCUT2D eigenvalue weighted by atomic mass is 10.2. The second-order valence-electron chi connectivity index (χ2n) is 3.85. The summed E-state index contributed by atoms with van der Waals surface area (Å²) >= 11 is 1.68. The number of hydrogen-bond acceptors (Lipinski definition) is 5. The highest BCUT2D eigenvalue weighted by Crippen LogP contribution is 2.07. The van der Waals surface area contributed by atoms with Gasteiger partial charge in [-0.2, -0.15) is 11.8 Å². The summed E-state index contributed by atoms with van der Waals surface area (Å²) in [6.07, 6.45) is 2.67. The molecule has 1 amide bonds. The molecular formula is C11H19N3O2S. The van der Waals surface area contributed by atoms with Crippen LogP contribution in [0.1, 0.15) is 23.8 Å². The van der Waals surface area contributed by atoms with Crippen molar-refractivity contribution < 1.29 is 9.21 Å². The zero-order valence-corrected chi connectivity index (χ0v) is 11.3. The number of carbonyl (C=O) groups excluding carboxylic acids is 1.